The Labute approximate surface area is 113 Å². The maximum absolute atomic E-state index is 11.9. The Bertz CT molecular complexity index is 420. The fourth-order valence-electron chi connectivity index (χ4n) is 1.77. The van der Waals surface area contributed by atoms with Crippen LogP contribution >= 0.6 is 0 Å². The molecule has 0 aliphatic heterocycles. The number of benzene rings is 1. The Hall–Kier alpha value is -1.88. The van der Waals surface area contributed by atoms with Crippen LogP contribution in [0.15, 0.2) is 30.3 Å². The van der Waals surface area contributed by atoms with E-state index in [1.54, 1.807) is 7.05 Å². The lowest BCUT2D eigenvalue weighted by molar-refractivity contribution is -0.129. The summed E-state index contributed by atoms with van der Waals surface area (Å²) in [5.74, 6) is -0.512. The molecule has 19 heavy (non-hydrogen) atoms. The first-order valence-corrected chi connectivity index (χ1v) is 6.40. The van der Waals surface area contributed by atoms with Crippen LogP contribution in [0.5, 0.6) is 0 Å². The van der Waals surface area contributed by atoms with E-state index in [1.165, 1.54) is 0 Å². The van der Waals surface area contributed by atoms with Gasteiger partial charge in [0.2, 0.25) is 11.8 Å². The zero-order chi connectivity index (χ0) is 14.3. The predicted molar refractivity (Wildman–Crippen MR) is 74.4 cm³/mol. The van der Waals surface area contributed by atoms with E-state index >= 15 is 0 Å². The third-order valence-electron chi connectivity index (χ3n) is 2.92. The number of hydrogen-bond donors (Lipinski definition) is 3. The van der Waals surface area contributed by atoms with Crippen LogP contribution < -0.4 is 16.4 Å². The number of likely N-dealkylation sites (N-methyl/N-ethyl adjacent to an activating group) is 1. The highest BCUT2D eigenvalue weighted by atomic mass is 16.2. The molecule has 1 rings (SSSR count). The normalized spacial score (nSPS) is 13.4. The standard InChI is InChI=1S/C14H21N3O2/c1-3-12(14(19)16-2)17-13(18)11(15)9-10-7-5-4-6-8-10/h4-8,11-12H,3,9,15H2,1-2H3,(H,16,19)(H,17,18). The van der Waals surface area contributed by atoms with Gasteiger partial charge in [0.1, 0.15) is 6.04 Å². The lowest BCUT2D eigenvalue weighted by Gasteiger charge is -2.18. The number of hydrogen-bond acceptors (Lipinski definition) is 3. The first-order valence-electron chi connectivity index (χ1n) is 6.40. The molecule has 0 radical (unpaired) electrons. The minimum atomic E-state index is -0.652. The molecule has 0 spiro atoms. The van der Waals surface area contributed by atoms with Crippen molar-refractivity contribution < 1.29 is 9.59 Å². The largest absolute Gasteiger partial charge is 0.357 e. The Kier molecular flexibility index (Phi) is 6.02. The molecule has 4 N–H and O–H groups in total. The monoisotopic (exact) mass is 263 g/mol. The summed E-state index contributed by atoms with van der Waals surface area (Å²) in [5, 5.41) is 5.18. The molecule has 5 heteroatoms. The van der Waals surface area contributed by atoms with Crippen molar-refractivity contribution in [2.24, 2.45) is 5.73 Å². The quantitative estimate of drug-likeness (QED) is 0.685. The van der Waals surface area contributed by atoms with Gasteiger partial charge in [0.15, 0.2) is 0 Å². The molecule has 1 aromatic carbocycles. The van der Waals surface area contributed by atoms with Crippen molar-refractivity contribution in [1.29, 1.82) is 0 Å². The average molecular weight is 263 g/mol. The van der Waals surface area contributed by atoms with Crippen LogP contribution in [0.3, 0.4) is 0 Å². The third-order valence-corrected chi connectivity index (χ3v) is 2.92. The Balaban J connectivity index is 2.55. The van der Waals surface area contributed by atoms with Gasteiger partial charge in [-0.05, 0) is 18.4 Å². The van der Waals surface area contributed by atoms with Crippen LogP contribution in [0.4, 0.5) is 0 Å². The van der Waals surface area contributed by atoms with Crippen LogP contribution in [0.25, 0.3) is 0 Å². The van der Waals surface area contributed by atoms with Gasteiger partial charge in [0.05, 0.1) is 6.04 Å². The van der Waals surface area contributed by atoms with Gasteiger partial charge in [-0.15, -0.1) is 0 Å². The van der Waals surface area contributed by atoms with Crippen molar-refractivity contribution in [3.8, 4) is 0 Å². The summed E-state index contributed by atoms with van der Waals surface area (Å²) in [7, 11) is 1.54. The summed E-state index contributed by atoms with van der Waals surface area (Å²) in [6.45, 7) is 1.84. The van der Waals surface area contributed by atoms with Crippen molar-refractivity contribution in [2.45, 2.75) is 31.8 Å². The minimum absolute atomic E-state index is 0.206. The van der Waals surface area contributed by atoms with E-state index in [0.29, 0.717) is 12.8 Å². The van der Waals surface area contributed by atoms with E-state index in [1.807, 2.05) is 37.3 Å². The van der Waals surface area contributed by atoms with E-state index in [-0.39, 0.29) is 11.8 Å². The van der Waals surface area contributed by atoms with E-state index in [0.717, 1.165) is 5.56 Å². The maximum atomic E-state index is 11.9. The highest BCUT2D eigenvalue weighted by Gasteiger charge is 2.21. The molecule has 0 fully saturated rings. The van der Waals surface area contributed by atoms with Gasteiger partial charge in [0, 0.05) is 7.05 Å². The summed E-state index contributed by atoms with van der Waals surface area (Å²) >= 11 is 0. The fourth-order valence-corrected chi connectivity index (χ4v) is 1.77. The number of carbonyl (C=O) groups excluding carboxylic acids is 2. The molecule has 5 nitrogen and oxygen atoms in total. The Morgan fingerprint density at radius 3 is 2.37 bits per heavy atom. The Morgan fingerprint density at radius 2 is 1.84 bits per heavy atom. The van der Waals surface area contributed by atoms with E-state index < -0.39 is 12.1 Å². The van der Waals surface area contributed by atoms with Gasteiger partial charge in [-0.2, -0.15) is 0 Å². The van der Waals surface area contributed by atoms with Crippen LogP contribution in [0.1, 0.15) is 18.9 Å². The number of nitrogens with one attached hydrogen (secondary N) is 2. The summed E-state index contributed by atoms with van der Waals surface area (Å²) in [6.07, 6.45) is 0.986. The first kappa shape index (κ1) is 15.2. The zero-order valence-electron chi connectivity index (χ0n) is 11.3. The third kappa shape index (κ3) is 4.71. The summed E-state index contributed by atoms with van der Waals surface area (Å²) in [6, 6.07) is 8.37. The molecule has 104 valence electrons. The van der Waals surface area contributed by atoms with Crippen molar-refractivity contribution in [1.82, 2.24) is 10.6 Å². The Morgan fingerprint density at radius 1 is 1.21 bits per heavy atom. The topological polar surface area (TPSA) is 84.2 Å². The van der Waals surface area contributed by atoms with Crippen molar-refractivity contribution >= 4 is 11.8 Å². The lowest BCUT2D eigenvalue weighted by Crippen LogP contribution is -2.51. The maximum Gasteiger partial charge on any atom is 0.242 e. The van der Waals surface area contributed by atoms with Crippen molar-refractivity contribution in [2.75, 3.05) is 7.05 Å². The lowest BCUT2D eigenvalue weighted by atomic mass is 10.1. The molecule has 0 aliphatic carbocycles. The molecule has 0 aromatic heterocycles. The van der Waals surface area contributed by atoms with Gasteiger partial charge >= 0.3 is 0 Å². The number of rotatable bonds is 6. The van der Waals surface area contributed by atoms with E-state index in [9.17, 15) is 9.59 Å². The van der Waals surface area contributed by atoms with E-state index in [4.69, 9.17) is 5.73 Å². The highest BCUT2D eigenvalue weighted by molar-refractivity contribution is 5.89. The zero-order valence-corrected chi connectivity index (χ0v) is 11.3. The fraction of sp³-hybridized carbons (Fsp3) is 0.429. The van der Waals surface area contributed by atoms with Gasteiger partial charge < -0.3 is 16.4 Å². The molecule has 0 aliphatic rings. The SMILES string of the molecule is CCC(NC(=O)C(N)Cc1ccccc1)C(=O)NC. The van der Waals surface area contributed by atoms with Gasteiger partial charge in [-0.25, -0.2) is 0 Å². The van der Waals surface area contributed by atoms with Crippen molar-refractivity contribution in [3.05, 3.63) is 35.9 Å². The van der Waals surface area contributed by atoms with Gasteiger partial charge in [-0.3, -0.25) is 9.59 Å². The van der Waals surface area contributed by atoms with Crippen LogP contribution in [0, 0.1) is 0 Å². The van der Waals surface area contributed by atoms with Crippen LogP contribution in [-0.4, -0.2) is 30.9 Å². The predicted octanol–water partition coefficient (Wildman–Crippen LogP) is 0.197. The molecular weight excluding hydrogens is 242 g/mol. The second-order valence-corrected chi connectivity index (χ2v) is 4.38. The van der Waals surface area contributed by atoms with Gasteiger partial charge in [-0.1, -0.05) is 37.3 Å². The number of nitrogens with two attached hydrogens (primary N) is 1. The van der Waals surface area contributed by atoms with Gasteiger partial charge in [0.25, 0.3) is 0 Å². The second kappa shape index (κ2) is 7.53. The average Bonchev–Trinajstić information content (AvgIpc) is 2.44. The summed E-state index contributed by atoms with van der Waals surface area (Å²) < 4.78 is 0. The molecule has 2 unspecified atom stereocenters. The van der Waals surface area contributed by atoms with E-state index in [2.05, 4.69) is 10.6 Å². The first-order chi connectivity index (χ1) is 9.08. The van der Waals surface area contributed by atoms with Crippen molar-refractivity contribution in [3.63, 3.8) is 0 Å². The second-order valence-electron chi connectivity index (χ2n) is 4.38. The van der Waals surface area contributed by atoms with Crippen LogP contribution in [0.2, 0.25) is 0 Å². The summed E-state index contributed by atoms with van der Waals surface area (Å²) in [4.78, 5) is 23.4. The smallest absolute Gasteiger partial charge is 0.242 e. The number of carbonyl (C=O) groups is 2. The highest BCUT2D eigenvalue weighted by Crippen LogP contribution is 2.02. The molecule has 1 aromatic rings. The minimum Gasteiger partial charge on any atom is -0.357 e. The molecule has 0 saturated heterocycles. The molecule has 0 bridgehead atoms. The summed E-state index contributed by atoms with van der Waals surface area (Å²) in [5.41, 5.74) is 6.85. The molecule has 2 amide bonds. The molecule has 0 saturated carbocycles. The molecular formula is C14H21N3O2. The molecule has 0 heterocycles. The number of amides is 2. The van der Waals surface area contributed by atoms with Crippen LogP contribution in [-0.2, 0) is 16.0 Å². The molecule has 2 atom stereocenters.